The van der Waals surface area contributed by atoms with E-state index in [4.69, 9.17) is 28.3 Å². The van der Waals surface area contributed by atoms with Crippen molar-refractivity contribution in [3.63, 3.8) is 0 Å². The number of hydrogen-bond donors (Lipinski definition) is 1. The fourth-order valence-electron chi connectivity index (χ4n) is 0.747. The summed E-state index contributed by atoms with van der Waals surface area (Å²) in [7, 11) is 0. The molecular weight excluding hydrogens is 314 g/mol. The number of halogens is 3. The number of benzene rings is 1. The number of carbonyl (C=O) groups is 1. The summed E-state index contributed by atoms with van der Waals surface area (Å²) < 4.78 is 0.539. The Kier molecular flexibility index (Phi) is 3.20. The molecule has 0 amide bonds. The largest absolute Gasteiger partial charge is 0.478 e. The monoisotopic (exact) mass is 316 g/mol. The van der Waals surface area contributed by atoms with Gasteiger partial charge in [-0.2, -0.15) is 0 Å². The molecule has 0 heterocycles. The van der Waals surface area contributed by atoms with Crippen molar-refractivity contribution in [3.05, 3.63) is 31.3 Å². The first-order valence-electron chi connectivity index (χ1n) is 2.90. The highest BCUT2D eigenvalue weighted by Gasteiger charge is 2.13. The quantitative estimate of drug-likeness (QED) is 0.807. The third-order valence-electron chi connectivity index (χ3n) is 1.22. The summed E-state index contributed by atoms with van der Waals surface area (Å²) in [5, 5.41) is 9.31. The average Bonchev–Trinajstić information content (AvgIpc) is 1.82. The number of carboxylic acid groups (broad SMARTS) is 1. The van der Waals surface area contributed by atoms with Crippen LogP contribution in [0.15, 0.2) is 12.1 Å². The Balaban J connectivity index is 3.38. The predicted molar refractivity (Wildman–Crippen MR) is 56.1 cm³/mol. The van der Waals surface area contributed by atoms with Gasteiger partial charge in [0.05, 0.1) is 10.6 Å². The molecule has 5 heteroatoms. The maximum absolute atomic E-state index is 10.6. The summed E-state index contributed by atoms with van der Waals surface area (Å²) in [5.74, 6) is -1.04. The lowest BCUT2D eigenvalue weighted by Gasteiger charge is -2.01. The van der Waals surface area contributed by atoms with Gasteiger partial charge in [-0.25, -0.2) is 4.79 Å². The number of rotatable bonds is 1. The minimum absolute atomic E-state index is 0.0988. The predicted octanol–water partition coefficient (Wildman–Crippen LogP) is 3.30. The van der Waals surface area contributed by atoms with Crippen molar-refractivity contribution in [3.8, 4) is 0 Å². The van der Waals surface area contributed by atoms with Crippen molar-refractivity contribution >= 4 is 51.8 Å². The zero-order chi connectivity index (χ0) is 9.30. The van der Waals surface area contributed by atoms with Crippen molar-refractivity contribution in [2.45, 2.75) is 0 Å². The number of carboxylic acids is 1. The van der Waals surface area contributed by atoms with E-state index in [0.717, 1.165) is 0 Å². The lowest BCUT2D eigenvalue weighted by atomic mass is 10.2. The molecule has 0 aliphatic heterocycles. The van der Waals surface area contributed by atoms with E-state index in [1.807, 2.05) is 22.6 Å². The molecule has 0 unspecified atom stereocenters. The summed E-state index contributed by atoms with van der Waals surface area (Å²) in [6, 6.07) is 2.96. The minimum atomic E-state index is -1.04. The molecule has 2 nitrogen and oxygen atoms in total. The average molecular weight is 317 g/mol. The molecular formula is C7H3Cl2IO2. The molecule has 0 spiro atoms. The van der Waals surface area contributed by atoms with E-state index in [0.29, 0.717) is 8.59 Å². The van der Waals surface area contributed by atoms with Crippen molar-refractivity contribution in [2.75, 3.05) is 0 Å². The number of aromatic carboxylic acids is 1. The molecule has 0 aromatic heterocycles. The van der Waals surface area contributed by atoms with Crippen molar-refractivity contribution < 1.29 is 9.90 Å². The van der Waals surface area contributed by atoms with Crippen LogP contribution in [0.4, 0.5) is 0 Å². The van der Waals surface area contributed by atoms with E-state index in [1.54, 1.807) is 6.07 Å². The normalized spacial score (nSPS) is 9.92. The lowest BCUT2D eigenvalue weighted by molar-refractivity contribution is 0.0696. The van der Waals surface area contributed by atoms with Gasteiger partial charge in [0.25, 0.3) is 0 Å². The first-order valence-corrected chi connectivity index (χ1v) is 4.73. The van der Waals surface area contributed by atoms with Gasteiger partial charge in [-0.1, -0.05) is 23.2 Å². The van der Waals surface area contributed by atoms with Crippen LogP contribution in [0.5, 0.6) is 0 Å². The molecule has 1 N–H and O–H groups in total. The fraction of sp³-hybridized carbons (Fsp3) is 0. The van der Waals surface area contributed by atoms with Crippen LogP contribution >= 0.6 is 45.8 Å². The highest BCUT2D eigenvalue weighted by atomic mass is 127. The summed E-state index contributed by atoms with van der Waals surface area (Å²) in [6.45, 7) is 0. The van der Waals surface area contributed by atoms with Crippen LogP contribution in [0.3, 0.4) is 0 Å². The second-order valence-corrected chi connectivity index (χ2v) is 4.06. The van der Waals surface area contributed by atoms with E-state index >= 15 is 0 Å². The molecule has 0 aliphatic rings. The van der Waals surface area contributed by atoms with Crippen molar-refractivity contribution in [2.24, 2.45) is 0 Å². The standard InChI is InChI=1S/C7H3Cl2IO2/c8-3-1-4(9)6(7(11)12)5(10)2-3/h1-2H,(H,11,12). The molecule has 0 saturated heterocycles. The van der Waals surface area contributed by atoms with Crippen LogP contribution in [-0.2, 0) is 0 Å². The van der Waals surface area contributed by atoms with Crippen LogP contribution in [0.1, 0.15) is 10.4 Å². The molecule has 0 saturated carbocycles. The molecule has 12 heavy (non-hydrogen) atoms. The molecule has 0 aliphatic carbocycles. The molecule has 0 fully saturated rings. The first kappa shape index (κ1) is 10.1. The molecule has 64 valence electrons. The van der Waals surface area contributed by atoms with E-state index in [-0.39, 0.29) is 10.6 Å². The van der Waals surface area contributed by atoms with Gasteiger partial charge in [0.2, 0.25) is 0 Å². The Morgan fingerprint density at radius 1 is 1.42 bits per heavy atom. The summed E-state index contributed by atoms with van der Waals surface area (Å²) >= 11 is 13.2. The van der Waals surface area contributed by atoms with Gasteiger partial charge in [-0.3, -0.25) is 0 Å². The van der Waals surface area contributed by atoms with Crippen molar-refractivity contribution in [1.29, 1.82) is 0 Å². The zero-order valence-electron chi connectivity index (χ0n) is 5.64. The van der Waals surface area contributed by atoms with Gasteiger partial charge in [0.1, 0.15) is 0 Å². The lowest BCUT2D eigenvalue weighted by Crippen LogP contribution is -2.00. The topological polar surface area (TPSA) is 37.3 Å². The smallest absolute Gasteiger partial charge is 0.338 e. The van der Waals surface area contributed by atoms with E-state index in [2.05, 4.69) is 0 Å². The Labute approximate surface area is 92.6 Å². The zero-order valence-corrected chi connectivity index (χ0v) is 9.31. The maximum atomic E-state index is 10.6. The molecule has 0 atom stereocenters. The molecule has 1 rings (SSSR count). The Bertz CT molecular complexity index is 315. The van der Waals surface area contributed by atoms with Gasteiger partial charge >= 0.3 is 5.97 Å². The summed E-state index contributed by atoms with van der Waals surface area (Å²) in [4.78, 5) is 10.6. The highest BCUT2D eigenvalue weighted by Crippen LogP contribution is 2.26. The first-order chi connectivity index (χ1) is 5.52. The van der Waals surface area contributed by atoms with Gasteiger partial charge in [-0.15, -0.1) is 0 Å². The van der Waals surface area contributed by atoms with Crippen LogP contribution in [0, 0.1) is 3.57 Å². The van der Waals surface area contributed by atoms with Gasteiger partial charge in [0, 0.05) is 8.59 Å². The third-order valence-corrected chi connectivity index (χ3v) is 2.59. The summed E-state index contributed by atoms with van der Waals surface area (Å²) in [6.07, 6.45) is 0. The Morgan fingerprint density at radius 2 is 2.00 bits per heavy atom. The molecule has 1 aromatic rings. The third kappa shape index (κ3) is 2.02. The van der Waals surface area contributed by atoms with Crippen LogP contribution in [-0.4, -0.2) is 11.1 Å². The van der Waals surface area contributed by atoms with Crippen LogP contribution in [0.25, 0.3) is 0 Å². The van der Waals surface area contributed by atoms with E-state index < -0.39 is 5.97 Å². The second kappa shape index (κ2) is 3.81. The van der Waals surface area contributed by atoms with E-state index in [1.165, 1.54) is 6.07 Å². The second-order valence-electron chi connectivity index (χ2n) is 2.05. The Morgan fingerprint density at radius 3 is 2.42 bits per heavy atom. The number of hydrogen-bond acceptors (Lipinski definition) is 1. The van der Waals surface area contributed by atoms with Crippen LogP contribution < -0.4 is 0 Å². The molecule has 0 bridgehead atoms. The fourth-order valence-corrected chi connectivity index (χ4v) is 2.52. The van der Waals surface area contributed by atoms with Gasteiger partial charge in [0.15, 0.2) is 0 Å². The Hall–Kier alpha value is -0.000000000000000111. The van der Waals surface area contributed by atoms with Crippen LogP contribution in [0.2, 0.25) is 10.0 Å². The maximum Gasteiger partial charge on any atom is 0.338 e. The van der Waals surface area contributed by atoms with Gasteiger partial charge < -0.3 is 5.11 Å². The van der Waals surface area contributed by atoms with Gasteiger partial charge in [-0.05, 0) is 34.7 Å². The van der Waals surface area contributed by atoms with E-state index in [9.17, 15) is 4.79 Å². The highest BCUT2D eigenvalue weighted by molar-refractivity contribution is 14.1. The SMILES string of the molecule is O=C(O)c1c(Cl)cc(Cl)cc1I. The van der Waals surface area contributed by atoms with Crippen molar-refractivity contribution in [1.82, 2.24) is 0 Å². The molecule has 1 aromatic carbocycles. The summed E-state index contributed by atoms with van der Waals surface area (Å²) in [5.41, 5.74) is 0.0988. The minimum Gasteiger partial charge on any atom is -0.478 e. The molecule has 0 radical (unpaired) electrons.